The van der Waals surface area contributed by atoms with Gasteiger partial charge in [0.2, 0.25) is 0 Å². The molecular formula is C10H19NO. The van der Waals surface area contributed by atoms with Gasteiger partial charge in [0.15, 0.2) is 0 Å². The molecule has 0 bridgehead atoms. The molecular weight excluding hydrogens is 150 g/mol. The first kappa shape index (κ1) is 9.72. The zero-order valence-electron chi connectivity index (χ0n) is 8.12. The second-order valence-electron chi connectivity index (χ2n) is 3.71. The van der Waals surface area contributed by atoms with E-state index in [1.54, 1.807) is 0 Å². The number of carbonyl (C=O) groups excluding carboxylic acids is 1. The number of nitrogens with zero attached hydrogens (tertiary/aromatic N) is 1. The van der Waals surface area contributed by atoms with Crippen molar-refractivity contribution in [2.75, 3.05) is 7.05 Å². The van der Waals surface area contributed by atoms with Gasteiger partial charge in [0.05, 0.1) is 0 Å². The summed E-state index contributed by atoms with van der Waals surface area (Å²) < 4.78 is 0. The van der Waals surface area contributed by atoms with Gasteiger partial charge in [-0.15, -0.1) is 0 Å². The topological polar surface area (TPSA) is 20.3 Å². The first-order valence-corrected chi connectivity index (χ1v) is 4.95. The van der Waals surface area contributed by atoms with E-state index in [1.165, 1.54) is 25.7 Å². The Morgan fingerprint density at radius 2 is 2.08 bits per heavy atom. The number of piperidine rings is 1. The largest absolute Gasteiger partial charge is 0.303 e. The van der Waals surface area contributed by atoms with E-state index in [9.17, 15) is 4.79 Å². The van der Waals surface area contributed by atoms with E-state index in [-0.39, 0.29) is 0 Å². The molecule has 70 valence electrons. The lowest BCUT2D eigenvalue weighted by Crippen LogP contribution is -2.43. The molecule has 0 aromatic heterocycles. The summed E-state index contributed by atoms with van der Waals surface area (Å²) in [6.45, 7) is 2.23. The summed E-state index contributed by atoms with van der Waals surface area (Å²) >= 11 is 0. The van der Waals surface area contributed by atoms with Crippen LogP contribution in [0, 0.1) is 0 Å². The zero-order chi connectivity index (χ0) is 8.97. The average molecular weight is 169 g/mol. The molecule has 0 amide bonds. The van der Waals surface area contributed by atoms with E-state index in [4.69, 9.17) is 0 Å². The number of likely N-dealkylation sites (tertiary alicyclic amines) is 1. The zero-order valence-corrected chi connectivity index (χ0v) is 8.12. The third-order valence-corrected chi connectivity index (χ3v) is 3.07. The molecule has 2 heteroatoms. The van der Waals surface area contributed by atoms with Crippen molar-refractivity contribution in [2.45, 2.75) is 51.1 Å². The molecule has 0 spiro atoms. The number of hydrogen-bond acceptors (Lipinski definition) is 2. The van der Waals surface area contributed by atoms with E-state index < -0.39 is 0 Å². The average Bonchev–Trinajstić information content (AvgIpc) is 2.09. The normalized spacial score (nSPS) is 31.8. The Hall–Kier alpha value is -0.370. The Balaban J connectivity index is 2.46. The maximum absolute atomic E-state index is 10.4. The van der Waals surface area contributed by atoms with E-state index in [2.05, 4.69) is 18.9 Å². The smallest absolute Gasteiger partial charge is 0.121 e. The molecule has 1 heterocycles. The van der Waals surface area contributed by atoms with Crippen LogP contribution in [0.1, 0.15) is 39.0 Å². The van der Waals surface area contributed by atoms with Gasteiger partial charge >= 0.3 is 0 Å². The lowest BCUT2D eigenvalue weighted by Gasteiger charge is -2.38. The van der Waals surface area contributed by atoms with Gasteiger partial charge < -0.3 is 9.69 Å². The predicted octanol–water partition coefficient (Wildman–Crippen LogP) is 1.84. The Kier molecular flexibility index (Phi) is 3.73. The van der Waals surface area contributed by atoms with Gasteiger partial charge in [-0.1, -0.05) is 13.3 Å². The minimum Gasteiger partial charge on any atom is -0.303 e. The molecule has 2 unspecified atom stereocenters. The van der Waals surface area contributed by atoms with Crippen LogP contribution in [-0.4, -0.2) is 30.3 Å². The van der Waals surface area contributed by atoms with Gasteiger partial charge in [-0.3, -0.25) is 0 Å². The SMILES string of the molecule is CCC1CCCC(CC=O)N1C. The number of rotatable bonds is 3. The molecule has 12 heavy (non-hydrogen) atoms. The fourth-order valence-electron chi connectivity index (χ4n) is 2.18. The van der Waals surface area contributed by atoms with Crippen LogP contribution in [-0.2, 0) is 4.79 Å². The molecule has 1 fully saturated rings. The second kappa shape index (κ2) is 4.61. The van der Waals surface area contributed by atoms with Crippen LogP contribution in [0.25, 0.3) is 0 Å². The summed E-state index contributed by atoms with van der Waals surface area (Å²) in [7, 11) is 2.15. The minimum atomic E-state index is 0.515. The Morgan fingerprint density at radius 1 is 1.42 bits per heavy atom. The van der Waals surface area contributed by atoms with Crippen LogP contribution in [0.5, 0.6) is 0 Å². The summed E-state index contributed by atoms with van der Waals surface area (Å²) in [5.41, 5.74) is 0. The molecule has 1 aliphatic rings. The standard InChI is InChI=1S/C10H19NO/c1-3-9-5-4-6-10(7-8-12)11(9)2/h8-10H,3-7H2,1-2H3. The van der Waals surface area contributed by atoms with Crippen LogP contribution in [0.15, 0.2) is 0 Å². The van der Waals surface area contributed by atoms with Crippen molar-refractivity contribution < 1.29 is 4.79 Å². The van der Waals surface area contributed by atoms with Gasteiger partial charge in [0.1, 0.15) is 6.29 Å². The first-order valence-electron chi connectivity index (χ1n) is 4.95. The van der Waals surface area contributed by atoms with E-state index in [1.807, 2.05) is 0 Å². The third kappa shape index (κ3) is 2.07. The lowest BCUT2D eigenvalue weighted by atomic mass is 9.93. The molecule has 1 rings (SSSR count). The van der Waals surface area contributed by atoms with Crippen LogP contribution in [0.3, 0.4) is 0 Å². The maximum atomic E-state index is 10.4. The van der Waals surface area contributed by atoms with Gasteiger partial charge in [0.25, 0.3) is 0 Å². The van der Waals surface area contributed by atoms with Crippen LogP contribution < -0.4 is 0 Å². The van der Waals surface area contributed by atoms with Crippen molar-refractivity contribution in [3.63, 3.8) is 0 Å². The van der Waals surface area contributed by atoms with Crippen molar-refractivity contribution in [3.8, 4) is 0 Å². The van der Waals surface area contributed by atoms with E-state index in [0.717, 1.165) is 6.29 Å². The monoisotopic (exact) mass is 169 g/mol. The minimum absolute atomic E-state index is 0.515. The first-order chi connectivity index (χ1) is 5.79. The molecule has 0 radical (unpaired) electrons. The highest BCUT2D eigenvalue weighted by Crippen LogP contribution is 2.24. The van der Waals surface area contributed by atoms with Gasteiger partial charge in [-0.2, -0.15) is 0 Å². The van der Waals surface area contributed by atoms with Crippen LogP contribution in [0.4, 0.5) is 0 Å². The summed E-state index contributed by atoms with van der Waals surface area (Å²) in [5.74, 6) is 0. The number of carbonyl (C=O) groups is 1. The Morgan fingerprint density at radius 3 is 2.67 bits per heavy atom. The van der Waals surface area contributed by atoms with Crippen LogP contribution in [0.2, 0.25) is 0 Å². The summed E-state index contributed by atoms with van der Waals surface area (Å²) in [6.07, 6.45) is 6.79. The quantitative estimate of drug-likeness (QED) is 0.601. The summed E-state index contributed by atoms with van der Waals surface area (Å²) in [5, 5.41) is 0. The predicted molar refractivity (Wildman–Crippen MR) is 50.2 cm³/mol. The fourth-order valence-corrected chi connectivity index (χ4v) is 2.18. The highest BCUT2D eigenvalue weighted by Gasteiger charge is 2.25. The summed E-state index contributed by atoms with van der Waals surface area (Å²) in [6, 6.07) is 1.23. The lowest BCUT2D eigenvalue weighted by molar-refractivity contribution is -0.109. The molecule has 0 aromatic carbocycles. The molecule has 0 N–H and O–H groups in total. The second-order valence-corrected chi connectivity index (χ2v) is 3.71. The molecule has 1 aliphatic heterocycles. The van der Waals surface area contributed by atoms with Gasteiger partial charge in [-0.05, 0) is 26.3 Å². The van der Waals surface area contributed by atoms with E-state index >= 15 is 0 Å². The van der Waals surface area contributed by atoms with Gasteiger partial charge in [-0.25, -0.2) is 0 Å². The molecule has 0 aromatic rings. The third-order valence-electron chi connectivity index (χ3n) is 3.07. The Bertz CT molecular complexity index is 147. The fraction of sp³-hybridized carbons (Fsp3) is 0.900. The van der Waals surface area contributed by atoms with Crippen molar-refractivity contribution in [2.24, 2.45) is 0 Å². The van der Waals surface area contributed by atoms with Crippen LogP contribution >= 0.6 is 0 Å². The van der Waals surface area contributed by atoms with Crippen molar-refractivity contribution in [1.29, 1.82) is 0 Å². The summed E-state index contributed by atoms with van der Waals surface area (Å²) in [4.78, 5) is 12.8. The molecule has 2 nitrogen and oxygen atoms in total. The molecule has 0 saturated carbocycles. The number of hydrogen-bond donors (Lipinski definition) is 0. The van der Waals surface area contributed by atoms with Gasteiger partial charge in [0, 0.05) is 18.5 Å². The molecule has 0 aliphatic carbocycles. The maximum Gasteiger partial charge on any atom is 0.121 e. The van der Waals surface area contributed by atoms with Crippen molar-refractivity contribution in [3.05, 3.63) is 0 Å². The van der Waals surface area contributed by atoms with E-state index in [0.29, 0.717) is 18.5 Å². The highest BCUT2D eigenvalue weighted by atomic mass is 16.1. The van der Waals surface area contributed by atoms with Crippen molar-refractivity contribution >= 4 is 6.29 Å². The Labute approximate surface area is 74.9 Å². The molecule has 2 atom stereocenters. The number of aldehydes is 1. The van der Waals surface area contributed by atoms with Crippen molar-refractivity contribution in [1.82, 2.24) is 4.90 Å². The molecule has 1 saturated heterocycles. The highest BCUT2D eigenvalue weighted by molar-refractivity contribution is 5.50.